The van der Waals surface area contributed by atoms with Crippen molar-refractivity contribution in [3.8, 4) is 0 Å². The minimum Gasteiger partial charge on any atom is -0.364 e. The smallest absolute Gasteiger partial charge is 0.274 e. The molecule has 0 aliphatic carbocycles. The number of amides is 1. The van der Waals surface area contributed by atoms with Gasteiger partial charge in [-0.1, -0.05) is 19.4 Å². The van der Waals surface area contributed by atoms with Gasteiger partial charge in [-0.15, -0.1) is 0 Å². The van der Waals surface area contributed by atoms with Gasteiger partial charge in [0.1, 0.15) is 11.6 Å². The van der Waals surface area contributed by atoms with Crippen LogP contribution in [0.1, 0.15) is 35.9 Å². The number of hydrogen-bond acceptors (Lipinski definition) is 4. The summed E-state index contributed by atoms with van der Waals surface area (Å²) in [5.41, 5.74) is 4.34. The molecule has 142 valence electrons. The molecule has 6 nitrogen and oxygen atoms in total. The van der Waals surface area contributed by atoms with E-state index in [9.17, 15) is 9.18 Å². The first-order valence-electron chi connectivity index (χ1n) is 8.93. The molecule has 0 aliphatic rings. The van der Waals surface area contributed by atoms with Crippen LogP contribution in [-0.4, -0.2) is 27.2 Å². The fourth-order valence-corrected chi connectivity index (χ4v) is 3.09. The molecular weight excluding hydrogens is 347 g/mol. The third-order valence-corrected chi connectivity index (χ3v) is 4.62. The molecule has 1 amide bonds. The van der Waals surface area contributed by atoms with Crippen molar-refractivity contribution in [1.29, 1.82) is 0 Å². The summed E-state index contributed by atoms with van der Waals surface area (Å²) in [5, 5.41) is 8.81. The number of anilines is 1. The number of fused-ring (bicyclic) bond motifs is 1. The monoisotopic (exact) mass is 370 g/mol. The highest BCUT2D eigenvalue weighted by atomic mass is 19.1. The van der Waals surface area contributed by atoms with E-state index < -0.39 is 5.91 Å². The number of nitrogens with zero attached hydrogens (tertiary/aromatic N) is 3. The zero-order valence-electron chi connectivity index (χ0n) is 15.4. The van der Waals surface area contributed by atoms with E-state index in [1.54, 1.807) is 29.7 Å². The molecule has 27 heavy (non-hydrogen) atoms. The van der Waals surface area contributed by atoms with Gasteiger partial charge in [0.25, 0.3) is 5.91 Å². The van der Waals surface area contributed by atoms with Crippen molar-refractivity contribution in [2.75, 3.05) is 11.4 Å². The number of hydrogen-bond donors (Lipinski definition) is 2. The van der Waals surface area contributed by atoms with Gasteiger partial charge in [0.15, 0.2) is 0 Å². The Labute approximate surface area is 157 Å². The van der Waals surface area contributed by atoms with Gasteiger partial charge in [0, 0.05) is 24.8 Å². The van der Waals surface area contributed by atoms with Gasteiger partial charge in [-0.25, -0.2) is 14.9 Å². The highest BCUT2D eigenvalue weighted by molar-refractivity contribution is 5.96. The number of rotatable bonds is 7. The number of unbranched alkanes of at least 4 members (excludes halogenated alkanes) is 1. The highest BCUT2D eigenvalue weighted by Crippen LogP contribution is 2.22. The van der Waals surface area contributed by atoms with E-state index in [2.05, 4.69) is 16.8 Å². The molecule has 0 bridgehead atoms. The summed E-state index contributed by atoms with van der Waals surface area (Å²) in [7, 11) is 1.92. The lowest BCUT2D eigenvalue weighted by atomic mass is 10.2. The van der Waals surface area contributed by atoms with Gasteiger partial charge in [-0.2, -0.15) is 0 Å². The van der Waals surface area contributed by atoms with Crippen molar-refractivity contribution in [3.63, 3.8) is 0 Å². The Balaban J connectivity index is 1.94. The maximum Gasteiger partial charge on any atom is 0.274 e. The van der Waals surface area contributed by atoms with E-state index in [4.69, 9.17) is 5.21 Å². The molecule has 7 heteroatoms. The number of carbonyl (C=O) groups is 1. The number of halogens is 1. The minimum atomic E-state index is -0.576. The van der Waals surface area contributed by atoms with E-state index in [1.807, 2.05) is 17.7 Å². The van der Waals surface area contributed by atoms with Crippen LogP contribution in [-0.2, 0) is 13.6 Å². The summed E-state index contributed by atoms with van der Waals surface area (Å²) in [6.07, 6.45) is 2.02. The van der Waals surface area contributed by atoms with Crippen LogP contribution in [0.25, 0.3) is 11.0 Å². The quantitative estimate of drug-likeness (QED) is 0.492. The van der Waals surface area contributed by atoms with Crippen molar-refractivity contribution >= 4 is 22.6 Å². The molecule has 0 radical (unpaired) electrons. The Morgan fingerprint density at radius 1 is 1.30 bits per heavy atom. The lowest BCUT2D eigenvalue weighted by Crippen LogP contribution is -2.25. The van der Waals surface area contributed by atoms with Crippen molar-refractivity contribution in [2.24, 2.45) is 7.05 Å². The number of nitrogens with one attached hydrogen (secondary N) is 1. The van der Waals surface area contributed by atoms with E-state index in [1.165, 1.54) is 12.1 Å². The Hall–Kier alpha value is -2.93. The predicted molar refractivity (Wildman–Crippen MR) is 102 cm³/mol. The molecule has 0 saturated heterocycles. The summed E-state index contributed by atoms with van der Waals surface area (Å²) in [6.45, 7) is 3.43. The van der Waals surface area contributed by atoms with Gasteiger partial charge in [0.05, 0.1) is 17.6 Å². The summed E-state index contributed by atoms with van der Waals surface area (Å²) in [5.74, 6) is -0.0287. The largest absolute Gasteiger partial charge is 0.364 e. The molecule has 0 aliphatic heterocycles. The van der Waals surface area contributed by atoms with Crippen LogP contribution in [0, 0.1) is 5.82 Å². The Kier molecular flexibility index (Phi) is 5.71. The second-order valence-electron chi connectivity index (χ2n) is 6.49. The van der Waals surface area contributed by atoms with Crippen molar-refractivity contribution < 1.29 is 14.4 Å². The molecule has 0 atom stereocenters. The minimum absolute atomic E-state index is 0.265. The number of aromatic nitrogens is 2. The first-order valence-corrected chi connectivity index (χ1v) is 8.93. The zero-order valence-corrected chi connectivity index (χ0v) is 15.4. The van der Waals surface area contributed by atoms with Crippen LogP contribution in [0.5, 0.6) is 0 Å². The molecule has 2 N–H and O–H groups in total. The molecule has 1 heterocycles. The molecule has 3 aromatic rings. The van der Waals surface area contributed by atoms with Gasteiger partial charge in [0.2, 0.25) is 0 Å². The standard InChI is InChI=1S/C20H23FN4O2/c1-3-4-10-25(16-7-5-6-15(21)12-16)13-19-22-17-11-14(20(26)23-27)8-9-18(17)24(19)2/h5-9,11-12,27H,3-4,10,13H2,1-2H3,(H,23,26). The third kappa shape index (κ3) is 4.09. The van der Waals surface area contributed by atoms with Gasteiger partial charge in [-0.3, -0.25) is 10.0 Å². The lowest BCUT2D eigenvalue weighted by Gasteiger charge is -2.24. The lowest BCUT2D eigenvalue weighted by molar-refractivity contribution is 0.0706. The van der Waals surface area contributed by atoms with E-state index in [0.29, 0.717) is 17.6 Å². The molecule has 0 unspecified atom stereocenters. The number of aryl methyl sites for hydroxylation is 1. The fraction of sp³-hybridized carbons (Fsp3) is 0.300. The van der Waals surface area contributed by atoms with Crippen molar-refractivity contribution in [2.45, 2.75) is 26.3 Å². The van der Waals surface area contributed by atoms with Crippen molar-refractivity contribution in [3.05, 3.63) is 59.7 Å². The summed E-state index contributed by atoms with van der Waals surface area (Å²) < 4.78 is 15.6. The predicted octanol–water partition coefficient (Wildman–Crippen LogP) is 3.64. The maximum absolute atomic E-state index is 13.7. The Morgan fingerprint density at radius 3 is 2.81 bits per heavy atom. The van der Waals surface area contributed by atoms with Crippen LogP contribution in [0.15, 0.2) is 42.5 Å². The van der Waals surface area contributed by atoms with Crippen LogP contribution in [0.4, 0.5) is 10.1 Å². The summed E-state index contributed by atoms with van der Waals surface area (Å²) in [4.78, 5) is 18.4. The Bertz CT molecular complexity index is 954. The van der Waals surface area contributed by atoms with Crippen LogP contribution >= 0.6 is 0 Å². The first-order chi connectivity index (χ1) is 13.0. The van der Waals surface area contributed by atoms with E-state index >= 15 is 0 Å². The Morgan fingerprint density at radius 2 is 2.11 bits per heavy atom. The average molecular weight is 370 g/mol. The number of hydroxylamine groups is 1. The number of carbonyl (C=O) groups excluding carboxylic acids is 1. The molecule has 0 saturated carbocycles. The number of imidazole rings is 1. The highest BCUT2D eigenvalue weighted by Gasteiger charge is 2.15. The molecule has 0 spiro atoms. The SMILES string of the molecule is CCCCN(Cc1nc2cc(C(=O)NO)ccc2n1C)c1cccc(F)c1. The van der Waals surface area contributed by atoms with E-state index in [0.717, 1.165) is 36.4 Å². The second-order valence-corrected chi connectivity index (χ2v) is 6.49. The topological polar surface area (TPSA) is 70.4 Å². The average Bonchev–Trinajstić information content (AvgIpc) is 2.99. The molecule has 0 fully saturated rings. The van der Waals surface area contributed by atoms with Crippen LogP contribution in [0.3, 0.4) is 0 Å². The van der Waals surface area contributed by atoms with Gasteiger partial charge < -0.3 is 9.47 Å². The van der Waals surface area contributed by atoms with E-state index in [-0.39, 0.29) is 5.82 Å². The summed E-state index contributed by atoms with van der Waals surface area (Å²) >= 11 is 0. The normalized spacial score (nSPS) is 11.0. The zero-order chi connectivity index (χ0) is 19.4. The summed E-state index contributed by atoms with van der Waals surface area (Å²) in [6, 6.07) is 11.6. The molecule has 3 rings (SSSR count). The molecular formula is C20H23FN4O2. The maximum atomic E-state index is 13.7. The third-order valence-electron chi connectivity index (χ3n) is 4.62. The van der Waals surface area contributed by atoms with Crippen LogP contribution < -0.4 is 10.4 Å². The molecule has 2 aromatic carbocycles. The molecule has 1 aromatic heterocycles. The van der Waals surface area contributed by atoms with Crippen molar-refractivity contribution in [1.82, 2.24) is 15.0 Å². The first kappa shape index (κ1) is 18.8. The van der Waals surface area contributed by atoms with Crippen LogP contribution in [0.2, 0.25) is 0 Å². The van der Waals surface area contributed by atoms with Gasteiger partial charge >= 0.3 is 0 Å². The number of benzene rings is 2. The second kappa shape index (κ2) is 8.18. The van der Waals surface area contributed by atoms with Gasteiger partial charge in [-0.05, 0) is 42.8 Å². The fourth-order valence-electron chi connectivity index (χ4n) is 3.09.